The highest BCUT2D eigenvalue weighted by Gasteiger charge is 2.18. The summed E-state index contributed by atoms with van der Waals surface area (Å²) in [4.78, 5) is 14.4. The summed E-state index contributed by atoms with van der Waals surface area (Å²) in [5.41, 5.74) is 2.25. The lowest BCUT2D eigenvalue weighted by Gasteiger charge is -2.27. The molecule has 0 fully saturated rings. The molecular formula is C20H25NO2. The third kappa shape index (κ3) is 4.85. The van der Waals surface area contributed by atoms with Crippen molar-refractivity contribution < 1.29 is 9.53 Å². The highest BCUT2D eigenvalue weighted by molar-refractivity contribution is 5.78. The van der Waals surface area contributed by atoms with Gasteiger partial charge in [0.1, 0.15) is 5.75 Å². The molecule has 0 N–H and O–H groups in total. The van der Waals surface area contributed by atoms with E-state index < -0.39 is 0 Å². The topological polar surface area (TPSA) is 29.5 Å². The molecule has 2 aromatic rings. The van der Waals surface area contributed by atoms with E-state index in [1.807, 2.05) is 73.3 Å². The Morgan fingerprint density at radius 3 is 2.35 bits per heavy atom. The van der Waals surface area contributed by atoms with Crippen LogP contribution in [-0.4, -0.2) is 23.5 Å². The second kappa shape index (κ2) is 8.37. The second-order valence-electron chi connectivity index (χ2n) is 5.85. The molecule has 0 atom stereocenters. The maximum atomic E-state index is 12.6. The first-order valence-corrected chi connectivity index (χ1v) is 8.16. The molecule has 0 saturated carbocycles. The summed E-state index contributed by atoms with van der Waals surface area (Å²) < 4.78 is 5.77. The Balaban J connectivity index is 2.01. The van der Waals surface area contributed by atoms with Gasteiger partial charge in [-0.3, -0.25) is 4.79 Å². The van der Waals surface area contributed by atoms with Crippen LogP contribution in [0.3, 0.4) is 0 Å². The van der Waals surface area contributed by atoms with E-state index in [9.17, 15) is 4.79 Å². The molecule has 0 aliphatic heterocycles. The normalized spacial score (nSPS) is 10.6. The van der Waals surface area contributed by atoms with Crippen molar-refractivity contribution in [3.8, 4) is 5.75 Å². The van der Waals surface area contributed by atoms with Gasteiger partial charge in [0.25, 0.3) is 5.91 Å². The molecule has 3 nitrogen and oxygen atoms in total. The summed E-state index contributed by atoms with van der Waals surface area (Å²) in [6.45, 7) is 6.82. The van der Waals surface area contributed by atoms with Crippen LogP contribution in [0.1, 0.15) is 31.9 Å². The van der Waals surface area contributed by atoms with Crippen LogP contribution < -0.4 is 4.74 Å². The summed E-state index contributed by atoms with van der Waals surface area (Å²) in [6, 6.07) is 18.0. The molecule has 0 aliphatic rings. The fourth-order valence-electron chi connectivity index (χ4n) is 2.50. The van der Waals surface area contributed by atoms with Crippen molar-refractivity contribution >= 4 is 5.91 Å². The van der Waals surface area contributed by atoms with E-state index in [1.54, 1.807) is 0 Å². The number of amides is 1. The molecule has 23 heavy (non-hydrogen) atoms. The molecule has 2 rings (SSSR count). The largest absolute Gasteiger partial charge is 0.483 e. The Hall–Kier alpha value is -2.29. The first-order chi connectivity index (χ1) is 11.1. The summed E-state index contributed by atoms with van der Waals surface area (Å²) in [7, 11) is 0. The van der Waals surface area contributed by atoms with E-state index in [4.69, 9.17) is 4.74 Å². The van der Waals surface area contributed by atoms with E-state index in [-0.39, 0.29) is 18.6 Å². The molecule has 0 aromatic heterocycles. The fraction of sp³-hybridized carbons (Fsp3) is 0.350. The third-order valence-electron chi connectivity index (χ3n) is 3.84. The average molecular weight is 311 g/mol. The molecule has 1 amide bonds. The lowest BCUT2D eigenvalue weighted by molar-refractivity contribution is -0.135. The monoisotopic (exact) mass is 311 g/mol. The van der Waals surface area contributed by atoms with Crippen LogP contribution in [0.15, 0.2) is 54.6 Å². The van der Waals surface area contributed by atoms with Gasteiger partial charge in [0.2, 0.25) is 0 Å². The van der Waals surface area contributed by atoms with E-state index in [0.717, 1.165) is 23.3 Å². The van der Waals surface area contributed by atoms with Gasteiger partial charge < -0.3 is 9.64 Å². The van der Waals surface area contributed by atoms with Crippen LogP contribution in [0, 0.1) is 0 Å². The quantitative estimate of drug-likeness (QED) is 0.771. The predicted octanol–water partition coefficient (Wildman–Crippen LogP) is 4.07. The van der Waals surface area contributed by atoms with Crippen molar-refractivity contribution in [2.45, 2.75) is 39.8 Å². The standard InChI is InChI=1S/C20H25NO2/c1-4-18-12-8-9-13-19(18)23-15-20(22)21(16(2)3)14-17-10-6-5-7-11-17/h5-13,16H,4,14-15H2,1-3H3. The molecule has 3 heteroatoms. The fourth-order valence-corrected chi connectivity index (χ4v) is 2.50. The van der Waals surface area contributed by atoms with Gasteiger partial charge in [0.15, 0.2) is 6.61 Å². The summed E-state index contributed by atoms with van der Waals surface area (Å²) in [5.74, 6) is 0.807. The van der Waals surface area contributed by atoms with Crippen LogP contribution in [0.25, 0.3) is 0 Å². The van der Waals surface area contributed by atoms with Crippen LogP contribution in [0.2, 0.25) is 0 Å². The molecule has 0 saturated heterocycles. The number of rotatable bonds is 7. The van der Waals surface area contributed by atoms with Crippen LogP contribution >= 0.6 is 0 Å². The number of carbonyl (C=O) groups is 1. The lowest BCUT2D eigenvalue weighted by Crippen LogP contribution is -2.39. The highest BCUT2D eigenvalue weighted by atomic mass is 16.5. The average Bonchev–Trinajstić information content (AvgIpc) is 2.58. The lowest BCUT2D eigenvalue weighted by atomic mass is 10.1. The van der Waals surface area contributed by atoms with Gasteiger partial charge in [-0.15, -0.1) is 0 Å². The van der Waals surface area contributed by atoms with Gasteiger partial charge in [0, 0.05) is 12.6 Å². The number of hydrogen-bond donors (Lipinski definition) is 0. The Kier molecular flexibility index (Phi) is 6.21. The zero-order chi connectivity index (χ0) is 16.7. The zero-order valence-electron chi connectivity index (χ0n) is 14.2. The van der Waals surface area contributed by atoms with Gasteiger partial charge in [-0.25, -0.2) is 0 Å². The summed E-state index contributed by atoms with van der Waals surface area (Å²) in [5, 5.41) is 0. The minimum absolute atomic E-state index is 0.00904. The van der Waals surface area contributed by atoms with E-state index in [0.29, 0.717) is 6.54 Å². The first-order valence-electron chi connectivity index (χ1n) is 8.16. The Bertz CT molecular complexity index is 623. The van der Waals surface area contributed by atoms with Crippen molar-refractivity contribution in [2.75, 3.05) is 6.61 Å². The van der Waals surface area contributed by atoms with Crippen molar-refractivity contribution in [1.82, 2.24) is 4.90 Å². The number of aryl methyl sites for hydroxylation is 1. The number of nitrogens with zero attached hydrogens (tertiary/aromatic N) is 1. The second-order valence-corrected chi connectivity index (χ2v) is 5.85. The Labute approximate surface area is 138 Å². The van der Waals surface area contributed by atoms with E-state index in [2.05, 4.69) is 6.92 Å². The minimum Gasteiger partial charge on any atom is -0.483 e. The number of carbonyl (C=O) groups excluding carboxylic acids is 1. The zero-order valence-corrected chi connectivity index (χ0v) is 14.2. The predicted molar refractivity (Wildman–Crippen MR) is 93.4 cm³/mol. The van der Waals surface area contributed by atoms with Gasteiger partial charge in [0.05, 0.1) is 0 Å². The molecule has 0 heterocycles. The van der Waals surface area contributed by atoms with Crippen molar-refractivity contribution in [2.24, 2.45) is 0 Å². The van der Waals surface area contributed by atoms with Crippen LogP contribution in [0.5, 0.6) is 5.75 Å². The summed E-state index contributed by atoms with van der Waals surface area (Å²) >= 11 is 0. The molecule has 0 radical (unpaired) electrons. The number of para-hydroxylation sites is 1. The number of hydrogen-bond acceptors (Lipinski definition) is 2. The van der Waals surface area contributed by atoms with Crippen molar-refractivity contribution in [1.29, 1.82) is 0 Å². The number of benzene rings is 2. The van der Waals surface area contributed by atoms with Crippen LogP contribution in [-0.2, 0) is 17.8 Å². The van der Waals surface area contributed by atoms with Gasteiger partial charge in [-0.05, 0) is 37.5 Å². The number of ether oxygens (including phenoxy) is 1. The van der Waals surface area contributed by atoms with Gasteiger partial charge >= 0.3 is 0 Å². The Morgan fingerprint density at radius 1 is 1.04 bits per heavy atom. The summed E-state index contributed by atoms with van der Waals surface area (Å²) in [6.07, 6.45) is 0.891. The van der Waals surface area contributed by atoms with Crippen molar-refractivity contribution in [3.63, 3.8) is 0 Å². The molecule has 0 aliphatic carbocycles. The van der Waals surface area contributed by atoms with Crippen molar-refractivity contribution in [3.05, 3.63) is 65.7 Å². The molecule has 0 unspecified atom stereocenters. The highest BCUT2D eigenvalue weighted by Crippen LogP contribution is 2.18. The molecule has 122 valence electrons. The molecule has 2 aromatic carbocycles. The minimum atomic E-state index is 0.00904. The third-order valence-corrected chi connectivity index (χ3v) is 3.84. The van der Waals surface area contributed by atoms with Gasteiger partial charge in [-0.1, -0.05) is 55.5 Å². The maximum absolute atomic E-state index is 12.6. The van der Waals surface area contributed by atoms with E-state index in [1.165, 1.54) is 0 Å². The molecule has 0 bridgehead atoms. The van der Waals surface area contributed by atoms with Crippen LogP contribution in [0.4, 0.5) is 0 Å². The van der Waals surface area contributed by atoms with E-state index >= 15 is 0 Å². The molecule has 0 spiro atoms. The SMILES string of the molecule is CCc1ccccc1OCC(=O)N(Cc1ccccc1)C(C)C. The first kappa shape index (κ1) is 17.1. The Morgan fingerprint density at radius 2 is 1.70 bits per heavy atom. The maximum Gasteiger partial charge on any atom is 0.261 e. The van der Waals surface area contributed by atoms with Gasteiger partial charge in [-0.2, -0.15) is 0 Å². The smallest absolute Gasteiger partial charge is 0.261 e. The molecular weight excluding hydrogens is 286 g/mol.